The van der Waals surface area contributed by atoms with E-state index in [9.17, 15) is 9.90 Å². The van der Waals surface area contributed by atoms with Crippen molar-refractivity contribution < 1.29 is 9.90 Å². The first-order valence-electron chi connectivity index (χ1n) is 6.55. The normalized spacial score (nSPS) is 11.2. The Balaban J connectivity index is 2.30. The third-order valence-corrected chi connectivity index (χ3v) is 3.57. The van der Waals surface area contributed by atoms with E-state index in [1.54, 1.807) is 6.07 Å². The topological polar surface area (TPSA) is 63.1 Å². The van der Waals surface area contributed by atoms with Crippen molar-refractivity contribution >= 4 is 38.8 Å². The number of fused-ring (bicyclic) bond motifs is 4. The number of hydrogen-bond donors (Lipinski definition) is 1. The Labute approximate surface area is 119 Å². The molecule has 0 spiro atoms. The number of carboxylic acid groups (broad SMARTS) is 1. The van der Waals surface area contributed by atoms with Gasteiger partial charge < -0.3 is 5.11 Å². The second kappa shape index (κ2) is 4.24. The molecule has 4 nitrogen and oxygen atoms in total. The van der Waals surface area contributed by atoms with E-state index >= 15 is 0 Å². The second-order valence-corrected chi connectivity index (χ2v) is 4.86. The lowest BCUT2D eigenvalue weighted by Crippen LogP contribution is -2.01. The third kappa shape index (κ3) is 1.73. The highest BCUT2D eigenvalue weighted by atomic mass is 16.4. The molecule has 100 valence electrons. The molecule has 4 rings (SSSR count). The van der Waals surface area contributed by atoms with Crippen LogP contribution in [0.1, 0.15) is 10.4 Å². The van der Waals surface area contributed by atoms with Crippen LogP contribution in [0.5, 0.6) is 0 Å². The summed E-state index contributed by atoms with van der Waals surface area (Å²) in [7, 11) is 0. The first kappa shape index (κ1) is 11.8. The predicted molar refractivity (Wildman–Crippen MR) is 81.5 cm³/mol. The number of carbonyl (C=O) groups is 1. The van der Waals surface area contributed by atoms with Crippen molar-refractivity contribution in [2.45, 2.75) is 0 Å². The van der Waals surface area contributed by atoms with Gasteiger partial charge in [0.1, 0.15) is 5.52 Å². The maximum absolute atomic E-state index is 11.5. The van der Waals surface area contributed by atoms with Gasteiger partial charge in [-0.3, -0.25) is 0 Å². The largest absolute Gasteiger partial charge is 0.478 e. The molecule has 0 amide bonds. The summed E-state index contributed by atoms with van der Waals surface area (Å²) >= 11 is 0. The van der Waals surface area contributed by atoms with Gasteiger partial charge in [0.25, 0.3) is 0 Å². The number of carboxylic acids is 1. The molecule has 0 bridgehead atoms. The Morgan fingerprint density at radius 1 is 0.857 bits per heavy atom. The van der Waals surface area contributed by atoms with Crippen LogP contribution < -0.4 is 0 Å². The average molecular weight is 274 g/mol. The van der Waals surface area contributed by atoms with Gasteiger partial charge in [0.15, 0.2) is 0 Å². The highest BCUT2D eigenvalue weighted by Gasteiger charge is 2.15. The monoisotopic (exact) mass is 274 g/mol. The maximum Gasteiger partial charge on any atom is 0.337 e. The lowest BCUT2D eigenvalue weighted by Gasteiger charge is -2.07. The minimum atomic E-state index is -0.990. The number of rotatable bonds is 1. The van der Waals surface area contributed by atoms with Crippen molar-refractivity contribution in [1.82, 2.24) is 9.97 Å². The van der Waals surface area contributed by atoms with Crippen LogP contribution in [0.15, 0.2) is 54.6 Å². The van der Waals surface area contributed by atoms with Crippen molar-refractivity contribution in [3.63, 3.8) is 0 Å². The van der Waals surface area contributed by atoms with Gasteiger partial charge in [0, 0.05) is 5.39 Å². The quantitative estimate of drug-likeness (QED) is 0.425. The molecular weight excluding hydrogens is 264 g/mol. The van der Waals surface area contributed by atoms with Gasteiger partial charge in [-0.1, -0.05) is 36.4 Å². The zero-order valence-corrected chi connectivity index (χ0v) is 10.9. The van der Waals surface area contributed by atoms with Gasteiger partial charge in [-0.05, 0) is 23.6 Å². The van der Waals surface area contributed by atoms with Gasteiger partial charge in [-0.2, -0.15) is 0 Å². The smallest absolute Gasteiger partial charge is 0.337 e. The molecule has 0 saturated carbocycles. The summed E-state index contributed by atoms with van der Waals surface area (Å²) in [5.41, 5.74) is 2.70. The summed E-state index contributed by atoms with van der Waals surface area (Å²) in [6.07, 6.45) is 0. The van der Waals surface area contributed by atoms with Crippen molar-refractivity contribution in [2.24, 2.45) is 0 Å². The first-order valence-corrected chi connectivity index (χ1v) is 6.55. The fourth-order valence-electron chi connectivity index (χ4n) is 2.60. The molecule has 0 atom stereocenters. The van der Waals surface area contributed by atoms with Crippen LogP contribution in [0.4, 0.5) is 0 Å². The molecule has 1 aromatic heterocycles. The molecule has 0 aliphatic rings. The molecule has 0 fully saturated rings. The number of para-hydroxylation sites is 2. The minimum Gasteiger partial charge on any atom is -0.478 e. The molecule has 1 heterocycles. The van der Waals surface area contributed by atoms with Crippen LogP contribution in [-0.2, 0) is 0 Å². The molecule has 0 aliphatic heterocycles. The van der Waals surface area contributed by atoms with E-state index in [4.69, 9.17) is 0 Å². The summed E-state index contributed by atoms with van der Waals surface area (Å²) in [5, 5.41) is 11.2. The molecule has 0 unspecified atom stereocenters. The van der Waals surface area contributed by atoms with E-state index in [1.807, 2.05) is 48.5 Å². The minimum absolute atomic E-state index is 0.182. The van der Waals surface area contributed by atoms with Gasteiger partial charge >= 0.3 is 5.97 Å². The second-order valence-electron chi connectivity index (χ2n) is 4.86. The molecule has 0 saturated heterocycles. The number of aromatic nitrogens is 2. The van der Waals surface area contributed by atoms with Crippen LogP contribution in [0, 0.1) is 0 Å². The van der Waals surface area contributed by atoms with Crippen molar-refractivity contribution in [3.05, 3.63) is 60.2 Å². The van der Waals surface area contributed by atoms with Crippen LogP contribution in [0.2, 0.25) is 0 Å². The van der Waals surface area contributed by atoms with E-state index in [0.717, 1.165) is 16.3 Å². The van der Waals surface area contributed by atoms with E-state index < -0.39 is 5.97 Å². The number of hydrogen-bond acceptors (Lipinski definition) is 3. The van der Waals surface area contributed by atoms with E-state index in [2.05, 4.69) is 9.97 Å². The van der Waals surface area contributed by atoms with E-state index in [1.165, 1.54) is 0 Å². The van der Waals surface area contributed by atoms with Gasteiger partial charge in [-0.15, -0.1) is 0 Å². The Morgan fingerprint density at radius 3 is 2.19 bits per heavy atom. The van der Waals surface area contributed by atoms with E-state index in [0.29, 0.717) is 16.6 Å². The van der Waals surface area contributed by atoms with Crippen molar-refractivity contribution in [2.75, 3.05) is 0 Å². The summed E-state index contributed by atoms with van der Waals surface area (Å²) < 4.78 is 0. The molecule has 3 aromatic carbocycles. The Hall–Kier alpha value is -3.01. The van der Waals surface area contributed by atoms with Crippen LogP contribution in [0.3, 0.4) is 0 Å². The average Bonchev–Trinajstić information content (AvgIpc) is 2.52. The molecule has 4 aromatic rings. The summed E-state index contributed by atoms with van der Waals surface area (Å²) in [5.74, 6) is -0.990. The fraction of sp³-hybridized carbons (Fsp3) is 0. The van der Waals surface area contributed by atoms with E-state index in [-0.39, 0.29) is 5.56 Å². The SMILES string of the molecule is O=C(O)c1cc2ccccc2c2nc3ccccc3nc12. The number of aromatic carboxylic acids is 1. The van der Waals surface area contributed by atoms with Crippen molar-refractivity contribution in [3.8, 4) is 0 Å². The summed E-state index contributed by atoms with van der Waals surface area (Å²) in [4.78, 5) is 20.7. The number of nitrogens with zero attached hydrogens (tertiary/aromatic N) is 2. The number of benzene rings is 3. The van der Waals surface area contributed by atoms with Crippen LogP contribution >= 0.6 is 0 Å². The lowest BCUT2D eigenvalue weighted by molar-refractivity contribution is 0.0699. The molecule has 0 radical (unpaired) electrons. The predicted octanol–water partition coefficient (Wildman–Crippen LogP) is 3.63. The van der Waals surface area contributed by atoms with Crippen LogP contribution in [0.25, 0.3) is 32.8 Å². The van der Waals surface area contributed by atoms with Gasteiger partial charge in [0.05, 0.1) is 22.1 Å². The summed E-state index contributed by atoms with van der Waals surface area (Å²) in [6.45, 7) is 0. The molecular formula is C17H10N2O2. The molecule has 0 aliphatic carbocycles. The molecule has 1 N–H and O–H groups in total. The Bertz CT molecular complexity index is 1020. The standard InChI is InChI=1S/C17H10N2O2/c20-17(21)12-9-10-5-1-2-6-11(10)15-16(12)19-14-8-4-3-7-13(14)18-15/h1-9H,(H,20,21). The molecule has 4 heteroatoms. The highest BCUT2D eigenvalue weighted by Crippen LogP contribution is 2.28. The van der Waals surface area contributed by atoms with Gasteiger partial charge in [0.2, 0.25) is 0 Å². The third-order valence-electron chi connectivity index (χ3n) is 3.57. The zero-order valence-electron chi connectivity index (χ0n) is 10.9. The van der Waals surface area contributed by atoms with Crippen molar-refractivity contribution in [1.29, 1.82) is 0 Å². The lowest BCUT2D eigenvalue weighted by atomic mass is 10.0. The zero-order chi connectivity index (χ0) is 14.4. The summed E-state index contributed by atoms with van der Waals surface area (Å²) in [6, 6.07) is 16.8. The molecule has 21 heavy (non-hydrogen) atoms. The van der Waals surface area contributed by atoms with Crippen LogP contribution in [-0.4, -0.2) is 21.0 Å². The first-order chi connectivity index (χ1) is 10.2. The Kier molecular flexibility index (Phi) is 2.38. The Morgan fingerprint density at radius 2 is 1.48 bits per heavy atom. The fourth-order valence-corrected chi connectivity index (χ4v) is 2.60. The van der Waals surface area contributed by atoms with Gasteiger partial charge in [-0.25, -0.2) is 14.8 Å². The maximum atomic E-state index is 11.5. The highest BCUT2D eigenvalue weighted by molar-refractivity contribution is 6.14.